The average molecular weight is 385 g/mol. The molecule has 1 atom stereocenters. The van der Waals surface area contributed by atoms with E-state index in [0.717, 1.165) is 16.9 Å². The molecule has 150 valence electrons. The Balaban J connectivity index is 1.94. The minimum absolute atomic E-state index is 0.379. The van der Waals surface area contributed by atoms with E-state index >= 15 is 0 Å². The number of para-hydroxylation sites is 1. The van der Waals surface area contributed by atoms with Crippen LogP contribution in [0.5, 0.6) is 11.6 Å². The van der Waals surface area contributed by atoms with Gasteiger partial charge in [-0.25, -0.2) is 9.78 Å². The fourth-order valence-corrected chi connectivity index (χ4v) is 2.38. The summed E-state index contributed by atoms with van der Waals surface area (Å²) in [4.78, 5) is 28.2. The molecule has 0 saturated carbocycles. The van der Waals surface area contributed by atoms with Gasteiger partial charge in [-0.1, -0.05) is 18.2 Å². The highest BCUT2D eigenvalue weighted by Gasteiger charge is 2.21. The smallest absolute Gasteiger partial charge is 0.408 e. The molecule has 0 aliphatic heterocycles. The number of rotatable bonds is 5. The number of carbonyl (C=O) groups excluding carboxylic acids is 2. The van der Waals surface area contributed by atoms with Crippen molar-refractivity contribution >= 4 is 17.7 Å². The number of nitrogens with one attached hydrogen (secondary N) is 2. The van der Waals surface area contributed by atoms with Crippen LogP contribution < -0.4 is 15.4 Å². The number of benzene rings is 1. The first kappa shape index (κ1) is 21.2. The van der Waals surface area contributed by atoms with Crippen molar-refractivity contribution < 1.29 is 19.1 Å². The second kappa shape index (κ2) is 8.73. The van der Waals surface area contributed by atoms with Gasteiger partial charge < -0.3 is 20.1 Å². The zero-order valence-electron chi connectivity index (χ0n) is 17.1. The van der Waals surface area contributed by atoms with Crippen LogP contribution >= 0.6 is 0 Å². The first-order chi connectivity index (χ1) is 13.0. The molecule has 0 radical (unpaired) electrons. The van der Waals surface area contributed by atoms with E-state index in [2.05, 4.69) is 15.6 Å². The molecule has 2 rings (SSSR count). The van der Waals surface area contributed by atoms with Gasteiger partial charge in [0, 0.05) is 6.07 Å². The summed E-state index contributed by atoms with van der Waals surface area (Å²) in [5.41, 5.74) is 1.90. The number of hydrogen-bond acceptors (Lipinski definition) is 5. The molecule has 7 heteroatoms. The van der Waals surface area contributed by atoms with Crippen molar-refractivity contribution in [3.63, 3.8) is 0 Å². The normalized spacial score (nSPS) is 12.1. The number of nitrogens with zero attached hydrogens (tertiary/aromatic N) is 1. The predicted molar refractivity (Wildman–Crippen MR) is 108 cm³/mol. The number of amides is 2. The summed E-state index contributed by atoms with van der Waals surface area (Å²) in [7, 11) is 0. The summed E-state index contributed by atoms with van der Waals surface area (Å²) in [6.07, 6.45) is 0.853. The molecule has 0 aliphatic rings. The van der Waals surface area contributed by atoms with E-state index in [1.54, 1.807) is 39.8 Å². The number of alkyl carbamates (subject to hydrolysis) is 1. The average Bonchev–Trinajstić information content (AvgIpc) is 2.58. The lowest BCUT2D eigenvalue weighted by Crippen LogP contribution is -2.43. The molecule has 1 unspecified atom stereocenters. The molecule has 28 heavy (non-hydrogen) atoms. The number of aryl methyl sites for hydroxylation is 2. The Hall–Kier alpha value is -3.09. The predicted octanol–water partition coefficient (Wildman–Crippen LogP) is 4.34. The Morgan fingerprint density at radius 1 is 1.07 bits per heavy atom. The van der Waals surface area contributed by atoms with Crippen LogP contribution in [0, 0.1) is 13.8 Å². The van der Waals surface area contributed by atoms with Crippen molar-refractivity contribution in [3.8, 4) is 11.6 Å². The molecule has 7 nitrogen and oxygen atoms in total. The van der Waals surface area contributed by atoms with E-state index in [9.17, 15) is 9.59 Å². The summed E-state index contributed by atoms with van der Waals surface area (Å²) in [5.74, 6) is 0.813. The van der Waals surface area contributed by atoms with Crippen molar-refractivity contribution in [1.29, 1.82) is 0 Å². The lowest BCUT2D eigenvalue weighted by Gasteiger charge is -2.21. The van der Waals surface area contributed by atoms with Crippen LogP contribution in [0.3, 0.4) is 0 Å². The molecular weight excluding hydrogens is 358 g/mol. The fourth-order valence-electron chi connectivity index (χ4n) is 2.38. The zero-order valence-corrected chi connectivity index (χ0v) is 17.1. The molecule has 2 amide bonds. The van der Waals surface area contributed by atoms with E-state index in [0.29, 0.717) is 11.6 Å². The molecule has 2 N–H and O–H groups in total. The van der Waals surface area contributed by atoms with Gasteiger partial charge in [-0.2, -0.15) is 0 Å². The van der Waals surface area contributed by atoms with E-state index in [1.165, 1.54) is 6.20 Å². The van der Waals surface area contributed by atoms with Crippen LogP contribution in [0.1, 0.15) is 38.8 Å². The second-order valence-electron chi connectivity index (χ2n) is 7.57. The van der Waals surface area contributed by atoms with Crippen LogP contribution in [0.25, 0.3) is 0 Å². The summed E-state index contributed by atoms with van der Waals surface area (Å²) in [6, 6.07) is 8.50. The first-order valence-electron chi connectivity index (χ1n) is 9.05. The SMILES string of the molecule is Cc1cccc(C)c1Oc1ccc(NC(=O)C(C)NC(=O)OC(C)(C)C)cn1. The van der Waals surface area contributed by atoms with Crippen LogP contribution in [-0.4, -0.2) is 28.6 Å². The number of ether oxygens (including phenoxy) is 2. The van der Waals surface area contributed by atoms with Gasteiger partial charge in [0.05, 0.1) is 11.9 Å². The van der Waals surface area contributed by atoms with Crippen molar-refractivity contribution in [2.75, 3.05) is 5.32 Å². The minimum Gasteiger partial charge on any atom is -0.444 e. The molecule has 1 aromatic carbocycles. The number of pyridine rings is 1. The summed E-state index contributed by atoms with van der Waals surface area (Å²) in [5, 5.41) is 5.19. The molecule has 2 aromatic rings. The Morgan fingerprint density at radius 3 is 2.25 bits per heavy atom. The summed E-state index contributed by atoms with van der Waals surface area (Å²) in [6.45, 7) is 10.8. The van der Waals surface area contributed by atoms with Gasteiger partial charge in [-0.05, 0) is 58.7 Å². The highest BCUT2D eigenvalue weighted by atomic mass is 16.6. The third-order valence-electron chi connectivity index (χ3n) is 3.75. The van der Waals surface area contributed by atoms with Gasteiger partial charge in [0.1, 0.15) is 17.4 Å². The molecule has 0 bridgehead atoms. The molecule has 0 fully saturated rings. The van der Waals surface area contributed by atoms with Crippen LogP contribution in [0.15, 0.2) is 36.5 Å². The van der Waals surface area contributed by atoms with E-state index < -0.39 is 17.7 Å². The van der Waals surface area contributed by atoms with Crippen molar-refractivity contribution in [3.05, 3.63) is 47.7 Å². The number of carbonyl (C=O) groups is 2. The van der Waals surface area contributed by atoms with Crippen LogP contribution in [0.2, 0.25) is 0 Å². The summed E-state index contributed by atoms with van der Waals surface area (Å²) < 4.78 is 11.0. The minimum atomic E-state index is -0.764. The molecular formula is C21H27N3O4. The van der Waals surface area contributed by atoms with Gasteiger partial charge >= 0.3 is 6.09 Å². The Kier molecular flexibility index (Phi) is 6.62. The lowest BCUT2D eigenvalue weighted by molar-refractivity contribution is -0.117. The zero-order chi connectivity index (χ0) is 20.9. The third kappa shape index (κ3) is 6.26. The highest BCUT2D eigenvalue weighted by molar-refractivity contribution is 5.96. The maximum atomic E-state index is 12.2. The van der Waals surface area contributed by atoms with Gasteiger partial charge in [-0.15, -0.1) is 0 Å². The van der Waals surface area contributed by atoms with Crippen molar-refractivity contribution in [2.24, 2.45) is 0 Å². The van der Waals surface area contributed by atoms with E-state index in [4.69, 9.17) is 9.47 Å². The van der Waals surface area contributed by atoms with Crippen molar-refractivity contribution in [2.45, 2.75) is 53.2 Å². The third-order valence-corrected chi connectivity index (χ3v) is 3.75. The Labute approximate surface area is 165 Å². The molecule has 0 aliphatic carbocycles. The van der Waals surface area contributed by atoms with Gasteiger partial charge in [0.25, 0.3) is 0 Å². The van der Waals surface area contributed by atoms with Gasteiger partial charge in [-0.3, -0.25) is 4.79 Å². The maximum Gasteiger partial charge on any atom is 0.408 e. The standard InChI is InChI=1S/C21H27N3O4/c1-13-8-7-9-14(2)18(13)27-17-11-10-16(12-22-17)24-19(25)15(3)23-20(26)28-21(4,5)6/h7-12,15H,1-6H3,(H,23,26)(H,24,25). The molecule has 1 aromatic heterocycles. The lowest BCUT2D eigenvalue weighted by atomic mass is 10.1. The monoisotopic (exact) mass is 385 g/mol. The second-order valence-corrected chi connectivity index (χ2v) is 7.57. The number of anilines is 1. The molecule has 1 heterocycles. The van der Waals surface area contributed by atoms with E-state index in [1.807, 2.05) is 32.0 Å². The van der Waals surface area contributed by atoms with Gasteiger partial charge in [0.2, 0.25) is 11.8 Å². The fraction of sp³-hybridized carbons (Fsp3) is 0.381. The van der Waals surface area contributed by atoms with Crippen LogP contribution in [-0.2, 0) is 9.53 Å². The number of aromatic nitrogens is 1. The number of hydrogen-bond donors (Lipinski definition) is 2. The van der Waals surface area contributed by atoms with Gasteiger partial charge in [0.15, 0.2) is 0 Å². The topological polar surface area (TPSA) is 89.6 Å². The van der Waals surface area contributed by atoms with Crippen molar-refractivity contribution in [1.82, 2.24) is 10.3 Å². The quantitative estimate of drug-likeness (QED) is 0.799. The largest absolute Gasteiger partial charge is 0.444 e. The molecule has 0 saturated heterocycles. The molecule has 0 spiro atoms. The van der Waals surface area contributed by atoms with E-state index in [-0.39, 0.29) is 5.91 Å². The summed E-state index contributed by atoms with van der Waals surface area (Å²) >= 11 is 0. The first-order valence-corrected chi connectivity index (χ1v) is 9.05. The highest BCUT2D eigenvalue weighted by Crippen LogP contribution is 2.27. The Bertz CT molecular complexity index is 821. The maximum absolute atomic E-state index is 12.2. The van der Waals surface area contributed by atoms with Crippen LogP contribution in [0.4, 0.5) is 10.5 Å². The Morgan fingerprint density at radius 2 is 1.71 bits per heavy atom.